The van der Waals surface area contributed by atoms with Crippen LogP contribution in [0.15, 0.2) is 36.5 Å². The average Bonchev–Trinajstić information content (AvgIpc) is 3.11. The third kappa shape index (κ3) is 1.51. The van der Waals surface area contributed by atoms with Crippen molar-refractivity contribution in [2.45, 2.75) is 37.9 Å². The smallest absolute Gasteiger partial charge is 0.240 e. The zero-order valence-corrected chi connectivity index (χ0v) is 13.7. The Kier molecular flexibility index (Phi) is 2.48. The van der Waals surface area contributed by atoms with Gasteiger partial charge in [-0.25, -0.2) is 4.90 Å². The van der Waals surface area contributed by atoms with Crippen LogP contribution in [0.4, 0.5) is 5.69 Å². The van der Waals surface area contributed by atoms with E-state index < -0.39 is 11.2 Å². The van der Waals surface area contributed by atoms with E-state index in [1.165, 1.54) is 4.90 Å². The minimum Gasteiger partial charge on any atom is -0.367 e. The van der Waals surface area contributed by atoms with Crippen LogP contribution in [-0.2, 0) is 14.3 Å². The fourth-order valence-corrected chi connectivity index (χ4v) is 4.99. The highest BCUT2D eigenvalue weighted by Crippen LogP contribution is 2.61. The Bertz CT molecular complexity index is 871. The van der Waals surface area contributed by atoms with Gasteiger partial charge < -0.3 is 4.74 Å². The molecule has 5 nitrogen and oxygen atoms in total. The summed E-state index contributed by atoms with van der Waals surface area (Å²) in [7, 11) is 0. The largest absolute Gasteiger partial charge is 0.367 e. The Balaban J connectivity index is 1.69. The third-order valence-corrected chi connectivity index (χ3v) is 6.07. The molecule has 3 aliphatic heterocycles. The summed E-state index contributed by atoms with van der Waals surface area (Å²) in [6.45, 7) is 3.95. The first kappa shape index (κ1) is 14.1. The summed E-state index contributed by atoms with van der Waals surface area (Å²) in [5, 5.41) is 0.824. The maximum atomic E-state index is 13.2. The van der Waals surface area contributed by atoms with Gasteiger partial charge in [0, 0.05) is 11.6 Å². The molecule has 0 spiro atoms. The molecule has 1 aromatic carbocycles. The van der Waals surface area contributed by atoms with Crippen molar-refractivity contribution in [1.82, 2.24) is 4.98 Å². The van der Waals surface area contributed by atoms with Crippen molar-refractivity contribution in [1.29, 1.82) is 0 Å². The van der Waals surface area contributed by atoms with Crippen molar-refractivity contribution < 1.29 is 14.3 Å². The molecule has 3 fully saturated rings. The summed E-state index contributed by atoms with van der Waals surface area (Å²) in [5.41, 5.74) is 0.369. The summed E-state index contributed by atoms with van der Waals surface area (Å²) in [6.07, 6.45) is 3.37. The summed E-state index contributed by atoms with van der Waals surface area (Å²) in [4.78, 5) is 32.1. The summed E-state index contributed by atoms with van der Waals surface area (Å²) < 4.78 is 6.15. The zero-order valence-electron chi connectivity index (χ0n) is 13.7. The number of nitrogens with zero attached hydrogens (tertiary/aromatic N) is 2. The Morgan fingerprint density at radius 2 is 1.71 bits per heavy atom. The number of hydrogen-bond acceptors (Lipinski definition) is 4. The second-order valence-corrected chi connectivity index (χ2v) is 7.54. The van der Waals surface area contributed by atoms with E-state index in [2.05, 4.69) is 4.98 Å². The number of amides is 2. The lowest BCUT2D eigenvalue weighted by Crippen LogP contribution is -2.40. The van der Waals surface area contributed by atoms with Crippen LogP contribution in [0.2, 0.25) is 0 Å². The number of pyridine rings is 1. The van der Waals surface area contributed by atoms with Gasteiger partial charge in [-0.2, -0.15) is 0 Å². The van der Waals surface area contributed by atoms with E-state index in [1.54, 1.807) is 6.20 Å². The topological polar surface area (TPSA) is 59.5 Å². The molecule has 122 valence electrons. The molecular weight excluding hydrogens is 304 g/mol. The minimum absolute atomic E-state index is 0.132. The number of anilines is 1. The lowest BCUT2D eigenvalue weighted by Gasteiger charge is -2.27. The molecule has 1 aromatic heterocycles. The van der Waals surface area contributed by atoms with E-state index in [1.807, 2.05) is 44.2 Å². The third-order valence-electron chi connectivity index (χ3n) is 6.07. The van der Waals surface area contributed by atoms with E-state index in [4.69, 9.17) is 4.74 Å². The van der Waals surface area contributed by atoms with Crippen LogP contribution in [0.3, 0.4) is 0 Å². The van der Waals surface area contributed by atoms with Crippen molar-refractivity contribution in [2.75, 3.05) is 4.90 Å². The second kappa shape index (κ2) is 4.22. The van der Waals surface area contributed by atoms with Crippen molar-refractivity contribution in [3.8, 4) is 0 Å². The van der Waals surface area contributed by atoms with Crippen LogP contribution in [-0.4, -0.2) is 28.0 Å². The van der Waals surface area contributed by atoms with Crippen LogP contribution in [0.25, 0.3) is 10.9 Å². The van der Waals surface area contributed by atoms with Crippen LogP contribution in [0, 0.1) is 11.8 Å². The monoisotopic (exact) mass is 322 g/mol. The van der Waals surface area contributed by atoms with Crippen LogP contribution < -0.4 is 4.90 Å². The maximum Gasteiger partial charge on any atom is 0.240 e. The normalized spacial score (nSPS) is 37.5. The number of fused-ring (bicyclic) bond motifs is 6. The minimum atomic E-state index is -0.524. The van der Waals surface area contributed by atoms with E-state index in [0.29, 0.717) is 5.69 Å². The highest BCUT2D eigenvalue weighted by molar-refractivity contribution is 6.25. The van der Waals surface area contributed by atoms with Crippen LogP contribution >= 0.6 is 0 Å². The number of carbonyl (C=O) groups excluding carboxylic acids is 2. The zero-order chi connectivity index (χ0) is 16.7. The molecular formula is C19H18N2O3. The molecule has 0 N–H and O–H groups in total. The number of aromatic nitrogens is 1. The molecule has 0 aliphatic carbocycles. The van der Waals surface area contributed by atoms with Crippen molar-refractivity contribution in [2.24, 2.45) is 11.8 Å². The number of hydrogen-bond donors (Lipinski definition) is 0. The SMILES string of the molecule is CC12CC[C@@](C)(O1)[C@H]1C(=O)N(c3cccc4ncccc34)C(=O)[C@H]12. The Hall–Kier alpha value is -2.27. The van der Waals surface area contributed by atoms with Crippen molar-refractivity contribution in [3.05, 3.63) is 36.5 Å². The molecule has 0 saturated carbocycles. The molecule has 2 amide bonds. The summed E-state index contributed by atoms with van der Waals surface area (Å²) in [5.74, 6) is -1.02. The standard InChI is InChI=1S/C19H18N2O3/c1-18-8-9-19(2,24-18)15-14(18)16(22)21(17(15)23)13-7-3-6-12-11(13)5-4-10-20-12/h3-7,10,14-15H,8-9H2,1-2H3/t14-,15+,18-,19?/m1/s1. The summed E-state index contributed by atoms with van der Waals surface area (Å²) >= 11 is 0. The van der Waals surface area contributed by atoms with Crippen LogP contribution in [0.5, 0.6) is 0 Å². The van der Waals surface area contributed by atoms with Crippen molar-refractivity contribution >= 4 is 28.4 Å². The molecule has 4 atom stereocenters. The molecule has 3 saturated heterocycles. The first-order valence-corrected chi connectivity index (χ1v) is 8.36. The van der Waals surface area contributed by atoms with Gasteiger partial charge in [-0.05, 0) is 51.0 Å². The van der Waals surface area contributed by atoms with Crippen LogP contribution in [0.1, 0.15) is 26.7 Å². The predicted octanol–water partition coefficient (Wildman–Crippen LogP) is 2.68. The van der Waals surface area contributed by atoms with Gasteiger partial charge in [-0.1, -0.05) is 6.07 Å². The number of carbonyl (C=O) groups is 2. The van der Waals surface area contributed by atoms with E-state index in [-0.39, 0.29) is 23.7 Å². The second-order valence-electron chi connectivity index (χ2n) is 7.54. The predicted molar refractivity (Wildman–Crippen MR) is 88.3 cm³/mol. The van der Waals surface area contributed by atoms with Gasteiger partial charge in [0.25, 0.3) is 0 Å². The van der Waals surface area contributed by atoms with Gasteiger partial charge in [0.15, 0.2) is 0 Å². The van der Waals surface area contributed by atoms with E-state index >= 15 is 0 Å². The molecule has 1 unspecified atom stereocenters. The summed E-state index contributed by atoms with van der Waals surface area (Å²) in [6, 6.07) is 9.29. The quantitative estimate of drug-likeness (QED) is 0.758. The molecule has 24 heavy (non-hydrogen) atoms. The van der Waals surface area contributed by atoms with Gasteiger partial charge in [-0.3, -0.25) is 14.6 Å². The molecule has 2 aromatic rings. The van der Waals surface area contributed by atoms with E-state index in [9.17, 15) is 9.59 Å². The van der Waals surface area contributed by atoms with Gasteiger partial charge >= 0.3 is 0 Å². The lowest BCUT2D eigenvalue weighted by molar-refractivity contribution is -0.129. The van der Waals surface area contributed by atoms with Gasteiger partial charge in [0.2, 0.25) is 11.8 Å². The number of imide groups is 1. The Morgan fingerprint density at radius 1 is 1.04 bits per heavy atom. The van der Waals surface area contributed by atoms with Gasteiger partial charge in [-0.15, -0.1) is 0 Å². The molecule has 4 heterocycles. The van der Waals surface area contributed by atoms with Gasteiger partial charge in [0.05, 0.1) is 34.2 Å². The highest BCUT2D eigenvalue weighted by Gasteiger charge is 2.72. The Labute approximate surface area is 139 Å². The van der Waals surface area contributed by atoms with E-state index in [0.717, 1.165) is 23.7 Å². The first-order chi connectivity index (χ1) is 11.4. The fourth-order valence-electron chi connectivity index (χ4n) is 4.99. The maximum absolute atomic E-state index is 13.2. The number of benzene rings is 1. The Morgan fingerprint density at radius 3 is 2.38 bits per heavy atom. The molecule has 3 aliphatic rings. The number of rotatable bonds is 1. The highest BCUT2D eigenvalue weighted by atomic mass is 16.5. The molecule has 0 radical (unpaired) electrons. The lowest BCUT2D eigenvalue weighted by atomic mass is 9.69. The van der Waals surface area contributed by atoms with Crippen molar-refractivity contribution in [3.63, 3.8) is 0 Å². The molecule has 5 heteroatoms. The fraction of sp³-hybridized carbons (Fsp3) is 0.421. The molecule has 5 rings (SSSR count). The first-order valence-electron chi connectivity index (χ1n) is 8.36. The van der Waals surface area contributed by atoms with Gasteiger partial charge in [0.1, 0.15) is 0 Å². The number of ether oxygens (including phenoxy) is 1. The molecule has 2 bridgehead atoms. The average molecular weight is 322 g/mol.